The van der Waals surface area contributed by atoms with Gasteiger partial charge in [-0.3, -0.25) is 5.32 Å². The standard InChI is InChI=1S/C16H24N2OS/c1-4-10-18-16(11-17,12-20-14(3)13(2)19)15-8-6-5-7-9-15/h5-9,13-14,18-19H,4,10,12H2,1-3H3. The van der Waals surface area contributed by atoms with Gasteiger partial charge in [-0.1, -0.05) is 44.2 Å². The number of thioether (sulfide) groups is 1. The minimum absolute atomic E-state index is 0.106. The minimum atomic E-state index is -0.689. The van der Waals surface area contributed by atoms with Gasteiger partial charge in [-0.25, -0.2) is 0 Å². The van der Waals surface area contributed by atoms with Crippen LogP contribution in [0.2, 0.25) is 0 Å². The third kappa shape index (κ3) is 4.52. The van der Waals surface area contributed by atoms with Gasteiger partial charge < -0.3 is 5.11 Å². The van der Waals surface area contributed by atoms with E-state index in [0.29, 0.717) is 5.75 Å². The van der Waals surface area contributed by atoms with Crippen LogP contribution in [-0.2, 0) is 5.54 Å². The molecule has 1 aromatic carbocycles. The molecule has 20 heavy (non-hydrogen) atoms. The van der Waals surface area contributed by atoms with Crippen LogP contribution in [0.3, 0.4) is 0 Å². The molecule has 0 radical (unpaired) electrons. The fourth-order valence-electron chi connectivity index (χ4n) is 1.83. The first-order valence-electron chi connectivity index (χ1n) is 7.07. The van der Waals surface area contributed by atoms with Gasteiger partial charge in [0.25, 0.3) is 0 Å². The minimum Gasteiger partial charge on any atom is -0.392 e. The van der Waals surface area contributed by atoms with Crippen LogP contribution < -0.4 is 5.32 Å². The number of aliphatic hydroxyl groups is 1. The maximum atomic E-state index is 9.72. The molecule has 0 bridgehead atoms. The maximum absolute atomic E-state index is 9.72. The van der Waals surface area contributed by atoms with E-state index >= 15 is 0 Å². The van der Waals surface area contributed by atoms with Gasteiger partial charge in [-0.05, 0) is 25.5 Å². The average molecular weight is 292 g/mol. The van der Waals surface area contributed by atoms with Crippen LogP contribution in [0, 0.1) is 11.3 Å². The van der Waals surface area contributed by atoms with Crippen LogP contribution in [-0.4, -0.2) is 28.8 Å². The molecule has 0 amide bonds. The number of nitriles is 1. The van der Waals surface area contributed by atoms with Crippen molar-refractivity contribution >= 4 is 11.8 Å². The Kier molecular flexibility index (Phi) is 7.08. The first-order valence-corrected chi connectivity index (χ1v) is 8.12. The highest BCUT2D eigenvalue weighted by Gasteiger charge is 2.32. The van der Waals surface area contributed by atoms with Crippen LogP contribution in [0.4, 0.5) is 0 Å². The molecular formula is C16H24N2OS. The lowest BCUT2D eigenvalue weighted by molar-refractivity contribution is 0.196. The molecule has 0 aromatic heterocycles. The van der Waals surface area contributed by atoms with Gasteiger partial charge in [0.05, 0.1) is 12.2 Å². The van der Waals surface area contributed by atoms with Crippen LogP contribution in [0.25, 0.3) is 0 Å². The lowest BCUT2D eigenvalue weighted by atomic mass is 9.93. The number of nitrogens with one attached hydrogen (secondary N) is 1. The van der Waals surface area contributed by atoms with Crippen molar-refractivity contribution in [1.29, 1.82) is 5.26 Å². The zero-order chi connectivity index (χ0) is 15.0. The van der Waals surface area contributed by atoms with Crippen molar-refractivity contribution in [1.82, 2.24) is 5.32 Å². The Hall–Kier alpha value is -1.02. The molecule has 4 heteroatoms. The van der Waals surface area contributed by atoms with Gasteiger partial charge >= 0.3 is 0 Å². The highest BCUT2D eigenvalue weighted by Crippen LogP contribution is 2.28. The van der Waals surface area contributed by atoms with Gasteiger partial charge in [0.1, 0.15) is 5.54 Å². The fraction of sp³-hybridized carbons (Fsp3) is 0.562. The summed E-state index contributed by atoms with van der Waals surface area (Å²) in [6.07, 6.45) is 0.603. The Bertz CT molecular complexity index is 430. The topological polar surface area (TPSA) is 56.0 Å². The maximum Gasteiger partial charge on any atom is 0.141 e. The third-order valence-corrected chi connectivity index (χ3v) is 4.90. The smallest absolute Gasteiger partial charge is 0.141 e. The monoisotopic (exact) mass is 292 g/mol. The summed E-state index contributed by atoms with van der Waals surface area (Å²) in [6, 6.07) is 12.3. The van der Waals surface area contributed by atoms with E-state index in [9.17, 15) is 10.4 Å². The Balaban J connectivity index is 2.92. The Morgan fingerprint density at radius 3 is 2.50 bits per heavy atom. The van der Waals surface area contributed by atoms with E-state index in [1.165, 1.54) is 0 Å². The number of hydrogen-bond acceptors (Lipinski definition) is 4. The molecule has 1 rings (SSSR count). The van der Waals surface area contributed by atoms with Crippen molar-refractivity contribution in [2.24, 2.45) is 0 Å². The molecule has 1 aromatic rings. The molecule has 110 valence electrons. The van der Waals surface area contributed by atoms with Crippen molar-refractivity contribution in [2.45, 2.75) is 44.1 Å². The number of hydrogen-bond donors (Lipinski definition) is 2. The first-order chi connectivity index (χ1) is 9.55. The molecule has 3 nitrogen and oxygen atoms in total. The Morgan fingerprint density at radius 1 is 1.35 bits per heavy atom. The van der Waals surface area contributed by atoms with Gasteiger partial charge in [-0.2, -0.15) is 17.0 Å². The molecule has 0 aliphatic heterocycles. The lowest BCUT2D eigenvalue weighted by Crippen LogP contribution is -2.44. The molecule has 3 atom stereocenters. The summed E-state index contributed by atoms with van der Waals surface area (Å²) in [7, 11) is 0. The molecule has 3 unspecified atom stereocenters. The second-order valence-corrected chi connectivity index (χ2v) is 6.43. The van der Waals surface area contributed by atoms with E-state index in [2.05, 4.69) is 18.3 Å². The van der Waals surface area contributed by atoms with Crippen molar-refractivity contribution in [3.8, 4) is 6.07 Å². The molecule has 0 saturated carbocycles. The number of nitrogens with zero attached hydrogens (tertiary/aromatic N) is 1. The molecule has 0 aliphatic carbocycles. The highest BCUT2D eigenvalue weighted by molar-refractivity contribution is 8.00. The van der Waals surface area contributed by atoms with Gasteiger partial charge in [0.2, 0.25) is 0 Å². The van der Waals surface area contributed by atoms with Gasteiger partial charge in [0.15, 0.2) is 0 Å². The SMILES string of the molecule is CCCNC(C#N)(CSC(C)C(C)O)c1ccccc1. The number of benzene rings is 1. The van der Waals surface area contributed by atoms with E-state index in [-0.39, 0.29) is 11.4 Å². The second kappa shape index (κ2) is 8.31. The number of aliphatic hydroxyl groups excluding tert-OH is 1. The van der Waals surface area contributed by atoms with Crippen molar-refractivity contribution in [2.75, 3.05) is 12.3 Å². The number of rotatable bonds is 8. The third-order valence-electron chi connectivity index (χ3n) is 3.38. The summed E-state index contributed by atoms with van der Waals surface area (Å²) in [6.45, 7) is 6.66. The van der Waals surface area contributed by atoms with E-state index in [4.69, 9.17) is 0 Å². The highest BCUT2D eigenvalue weighted by atomic mass is 32.2. The van der Waals surface area contributed by atoms with Crippen LogP contribution in [0.5, 0.6) is 0 Å². The fourth-order valence-corrected chi connectivity index (χ4v) is 2.95. The predicted molar refractivity (Wildman–Crippen MR) is 85.6 cm³/mol. The quantitative estimate of drug-likeness (QED) is 0.773. The summed E-state index contributed by atoms with van der Waals surface area (Å²) in [5.41, 5.74) is 0.298. The summed E-state index contributed by atoms with van der Waals surface area (Å²) >= 11 is 1.63. The van der Waals surface area contributed by atoms with Gasteiger partial charge in [-0.15, -0.1) is 0 Å². The molecule has 0 heterocycles. The normalized spacial score (nSPS) is 16.9. The largest absolute Gasteiger partial charge is 0.392 e. The summed E-state index contributed by atoms with van der Waals surface area (Å²) in [5.74, 6) is 0.625. The zero-order valence-corrected chi connectivity index (χ0v) is 13.3. The summed E-state index contributed by atoms with van der Waals surface area (Å²) in [4.78, 5) is 0. The van der Waals surface area contributed by atoms with Gasteiger partial charge in [0, 0.05) is 11.0 Å². The van der Waals surface area contributed by atoms with Crippen molar-refractivity contribution in [3.05, 3.63) is 35.9 Å². The molecule has 0 spiro atoms. The Morgan fingerprint density at radius 2 is 2.00 bits per heavy atom. The van der Waals surface area contributed by atoms with Crippen molar-refractivity contribution in [3.63, 3.8) is 0 Å². The zero-order valence-electron chi connectivity index (χ0n) is 12.5. The average Bonchev–Trinajstić information content (AvgIpc) is 2.48. The second-order valence-electron chi connectivity index (χ2n) is 5.07. The first kappa shape index (κ1) is 17.0. The van der Waals surface area contributed by atoms with Crippen molar-refractivity contribution < 1.29 is 5.11 Å². The predicted octanol–water partition coefficient (Wildman–Crippen LogP) is 2.91. The van der Waals surface area contributed by atoms with E-state index in [1.807, 2.05) is 37.3 Å². The van der Waals surface area contributed by atoms with E-state index < -0.39 is 5.54 Å². The van der Waals surface area contributed by atoms with Crippen LogP contribution in [0.15, 0.2) is 30.3 Å². The molecule has 2 N–H and O–H groups in total. The van der Waals surface area contributed by atoms with E-state index in [0.717, 1.165) is 18.5 Å². The molecule has 0 aliphatic rings. The molecular weight excluding hydrogens is 268 g/mol. The summed E-state index contributed by atoms with van der Waals surface area (Å²) in [5, 5.41) is 22.8. The van der Waals surface area contributed by atoms with E-state index in [1.54, 1.807) is 18.7 Å². The van der Waals surface area contributed by atoms with Crippen LogP contribution >= 0.6 is 11.8 Å². The lowest BCUT2D eigenvalue weighted by Gasteiger charge is -2.30. The molecule has 0 fully saturated rings. The summed E-state index contributed by atoms with van der Waals surface area (Å²) < 4.78 is 0. The Labute approximate surface area is 126 Å². The molecule has 0 saturated heterocycles. The van der Waals surface area contributed by atoms with Crippen LogP contribution in [0.1, 0.15) is 32.8 Å².